The molecule has 16 heavy (non-hydrogen) atoms. The summed E-state index contributed by atoms with van der Waals surface area (Å²) in [7, 11) is 0. The van der Waals surface area contributed by atoms with E-state index in [9.17, 15) is 5.11 Å². The number of aliphatic hydroxyl groups excluding tert-OH is 1. The maximum atomic E-state index is 9.57. The van der Waals surface area contributed by atoms with Crippen LogP contribution in [0.2, 0.25) is 0 Å². The number of hydrogen-bond donors (Lipinski definition) is 1. The third-order valence-electron chi connectivity index (χ3n) is 2.60. The summed E-state index contributed by atoms with van der Waals surface area (Å²) in [5.74, 6) is 0.675. The number of aliphatic hydroxyl groups is 1. The zero-order valence-corrected chi connectivity index (χ0v) is 9.28. The van der Waals surface area contributed by atoms with Gasteiger partial charge in [-0.25, -0.2) is 0 Å². The Kier molecular flexibility index (Phi) is 2.96. The van der Waals surface area contributed by atoms with Gasteiger partial charge in [-0.15, -0.1) is 10.2 Å². The third-order valence-corrected chi connectivity index (χ3v) is 2.60. The van der Waals surface area contributed by atoms with E-state index in [-0.39, 0.29) is 6.04 Å². The summed E-state index contributed by atoms with van der Waals surface area (Å²) >= 11 is 0. The van der Waals surface area contributed by atoms with Crippen molar-refractivity contribution in [3.63, 3.8) is 0 Å². The van der Waals surface area contributed by atoms with Crippen molar-refractivity contribution in [2.75, 3.05) is 0 Å². The number of hydrogen-bond acceptors (Lipinski definition) is 4. The van der Waals surface area contributed by atoms with Crippen LogP contribution in [0, 0.1) is 0 Å². The maximum Gasteiger partial charge on any atom is 0.182 e. The van der Waals surface area contributed by atoms with E-state index in [1.807, 2.05) is 29.7 Å². The molecular formula is C11H14N4O. The van der Waals surface area contributed by atoms with E-state index in [0.717, 1.165) is 5.69 Å². The smallest absolute Gasteiger partial charge is 0.182 e. The molecule has 1 N–H and O–H groups in total. The largest absolute Gasteiger partial charge is 0.391 e. The number of aromatic nitrogens is 4. The lowest BCUT2D eigenvalue weighted by molar-refractivity contribution is 0.139. The lowest BCUT2D eigenvalue weighted by Gasteiger charge is -2.17. The van der Waals surface area contributed by atoms with Crippen molar-refractivity contribution < 1.29 is 5.11 Å². The lowest BCUT2D eigenvalue weighted by atomic mass is 10.2. The Hall–Kier alpha value is -1.75. The molecule has 0 saturated heterocycles. The molecule has 2 heterocycles. The second-order valence-corrected chi connectivity index (χ2v) is 3.76. The fourth-order valence-electron chi connectivity index (χ4n) is 1.45. The molecule has 84 valence electrons. The molecule has 0 spiro atoms. The SMILES string of the molecule is C[C@H](O)[C@H](C)n1cnnc1-c1ccccn1. The van der Waals surface area contributed by atoms with Crippen LogP contribution < -0.4 is 0 Å². The molecule has 2 aromatic rings. The minimum Gasteiger partial charge on any atom is -0.391 e. The van der Waals surface area contributed by atoms with E-state index in [0.29, 0.717) is 5.82 Å². The van der Waals surface area contributed by atoms with E-state index >= 15 is 0 Å². The molecule has 0 amide bonds. The zero-order chi connectivity index (χ0) is 11.5. The number of rotatable bonds is 3. The highest BCUT2D eigenvalue weighted by molar-refractivity contribution is 5.48. The number of nitrogens with zero attached hydrogens (tertiary/aromatic N) is 4. The van der Waals surface area contributed by atoms with E-state index in [1.54, 1.807) is 19.4 Å². The molecule has 0 unspecified atom stereocenters. The van der Waals surface area contributed by atoms with Crippen molar-refractivity contribution >= 4 is 0 Å². The van der Waals surface area contributed by atoms with Crippen LogP contribution in [0.1, 0.15) is 19.9 Å². The average Bonchev–Trinajstić information content (AvgIpc) is 2.77. The molecule has 0 aliphatic rings. The minimum absolute atomic E-state index is 0.0768. The highest BCUT2D eigenvalue weighted by Crippen LogP contribution is 2.19. The van der Waals surface area contributed by atoms with Gasteiger partial charge in [-0.2, -0.15) is 0 Å². The maximum absolute atomic E-state index is 9.57. The fourth-order valence-corrected chi connectivity index (χ4v) is 1.45. The Labute approximate surface area is 93.8 Å². The molecule has 2 aromatic heterocycles. The Bertz CT molecular complexity index is 452. The monoisotopic (exact) mass is 218 g/mol. The molecule has 0 aliphatic carbocycles. The molecular weight excluding hydrogens is 204 g/mol. The van der Waals surface area contributed by atoms with Gasteiger partial charge in [0.2, 0.25) is 0 Å². The summed E-state index contributed by atoms with van der Waals surface area (Å²) in [6.45, 7) is 3.66. The van der Waals surface area contributed by atoms with Gasteiger partial charge in [0.15, 0.2) is 5.82 Å². The van der Waals surface area contributed by atoms with Gasteiger partial charge in [-0.1, -0.05) is 6.07 Å². The van der Waals surface area contributed by atoms with Gasteiger partial charge in [0, 0.05) is 6.20 Å². The average molecular weight is 218 g/mol. The summed E-state index contributed by atoms with van der Waals surface area (Å²) < 4.78 is 1.83. The molecule has 0 aliphatic heterocycles. The number of pyridine rings is 1. The van der Waals surface area contributed by atoms with Gasteiger partial charge < -0.3 is 9.67 Å². The Morgan fingerprint density at radius 2 is 2.12 bits per heavy atom. The topological polar surface area (TPSA) is 63.8 Å². The van der Waals surface area contributed by atoms with Crippen LogP contribution in [0.25, 0.3) is 11.5 Å². The first-order chi connectivity index (χ1) is 7.70. The van der Waals surface area contributed by atoms with Crippen LogP contribution in [0.4, 0.5) is 0 Å². The van der Waals surface area contributed by atoms with Gasteiger partial charge in [-0.05, 0) is 26.0 Å². The van der Waals surface area contributed by atoms with Crippen LogP contribution >= 0.6 is 0 Å². The van der Waals surface area contributed by atoms with Crippen LogP contribution in [-0.4, -0.2) is 31.0 Å². The summed E-state index contributed by atoms with van der Waals surface area (Å²) in [5, 5.41) is 17.5. The Morgan fingerprint density at radius 3 is 2.75 bits per heavy atom. The first-order valence-electron chi connectivity index (χ1n) is 5.19. The van der Waals surface area contributed by atoms with Crippen molar-refractivity contribution in [1.82, 2.24) is 19.7 Å². The van der Waals surface area contributed by atoms with E-state index in [4.69, 9.17) is 0 Å². The van der Waals surface area contributed by atoms with E-state index < -0.39 is 6.10 Å². The predicted octanol–water partition coefficient (Wildman–Crippen LogP) is 1.28. The Morgan fingerprint density at radius 1 is 1.31 bits per heavy atom. The molecule has 0 radical (unpaired) electrons. The van der Waals surface area contributed by atoms with Crippen LogP contribution in [0.5, 0.6) is 0 Å². The van der Waals surface area contributed by atoms with Gasteiger partial charge >= 0.3 is 0 Å². The molecule has 5 heteroatoms. The molecule has 0 aromatic carbocycles. The standard InChI is InChI=1S/C11H14N4O/c1-8(9(2)16)15-7-13-14-11(15)10-5-3-4-6-12-10/h3-9,16H,1-2H3/t8-,9-/m0/s1. The first kappa shape index (κ1) is 10.8. The van der Waals surface area contributed by atoms with Crippen molar-refractivity contribution in [2.24, 2.45) is 0 Å². The van der Waals surface area contributed by atoms with Crippen molar-refractivity contribution in [3.8, 4) is 11.5 Å². The summed E-state index contributed by atoms with van der Waals surface area (Å²) in [6, 6.07) is 5.54. The summed E-state index contributed by atoms with van der Waals surface area (Å²) in [4.78, 5) is 4.22. The molecule has 2 atom stereocenters. The molecule has 2 rings (SSSR count). The molecule has 0 fully saturated rings. The fraction of sp³-hybridized carbons (Fsp3) is 0.364. The minimum atomic E-state index is -0.460. The zero-order valence-electron chi connectivity index (χ0n) is 9.28. The second kappa shape index (κ2) is 4.40. The Balaban J connectivity index is 2.40. The first-order valence-corrected chi connectivity index (χ1v) is 5.19. The van der Waals surface area contributed by atoms with E-state index in [2.05, 4.69) is 15.2 Å². The van der Waals surface area contributed by atoms with Crippen LogP contribution in [0.3, 0.4) is 0 Å². The molecule has 0 bridgehead atoms. The van der Waals surface area contributed by atoms with Crippen molar-refractivity contribution in [2.45, 2.75) is 26.0 Å². The van der Waals surface area contributed by atoms with Crippen LogP contribution in [-0.2, 0) is 0 Å². The van der Waals surface area contributed by atoms with Crippen molar-refractivity contribution in [3.05, 3.63) is 30.7 Å². The van der Waals surface area contributed by atoms with Crippen molar-refractivity contribution in [1.29, 1.82) is 0 Å². The highest BCUT2D eigenvalue weighted by atomic mass is 16.3. The van der Waals surface area contributed by atoms with E-state index in [1.165, 1.54) is 0 Å². The molecule has 0 saturated carbocycles. The molecule has 5 nitrogen and oxygen atoms in total. The highest BCUT2D eigenvalue weighted by Gasteiger charge is 2.16. The predicted molar refractivity (Wildman–Crippen MR) is 59.6 cm³/mol. The lowest BCUT2D eigenvalue weighted by Crippen LogP contribution is -2.18. The van der Waals surface area contributed by atoms with Crippen LogP contribution in [0.15, 0.2) is 30.7 Å². The van der Waals surface area contributed by atoms with Gasteiger partial charge in [-0.3, -0.25) is 4.98 Å². The van der Waals surface area contributed by atoms with Gasteiger partial charge in [0.1, 0.15) is 12.0 Å². The van der Waals surface area contributed by atoms with Gasteiger partial charge in [0.25, 0.3) is 0 Å². The van der Waals surface area contributed by atoms with Gasteiger partial charge in [0.05, 0.1) is 12.1 Å². The third kappa shape index (κ3) is 1.94. The normalized spacial score (nSPS) is 14.7. The second-order valence-electron chi connectivity index (χ2n) is 3.76. The summed E-state index contributed by atoms with van der Waals surface area (Å²) in [5.41, 5.74) is 0.757. The summed E-state index contributed by atoms with van der Waals surface area (Å²) in [6.07, 6.45) is 2.86. The quantitative estimate of drug-likeness (QED) is 0.843.